The van der Waals surface area contributed by atoms with E-state index in [4.69, 9.17) is 11.6 Å². The van der Waals surface area contributed by atoms with E-state index >= 15 is 0 Å². The zero-order valence-corrected chi connectivity index (χ0v) is 11.8. The Morgan fingerprint density at radius 3 is 2.26 bits per heavy atom. The highest BCUT2D eigenvalue weighted by Gasteiger charge is 2.23. The van der Waals surface area contributed by atoms with Gasteiger partial charge in [0.05, 0.1) is 0 Å². The lowest BCUT2D eigenvalue weighted by Crippen LogP contribution is -2.50. The molecule has 102 valence electrons. The molecule has 0 aromatic carbocycles. The predicted octanol–water partition coefficient (Wildman–Crippen LogP) is 1.35. The summed E-state index contributed by atoms with van der Waals surface area (Å²) in [5.74, 6) is -0.00880. The van der Waals surface area contributed by atoms with E-state index in [1.807, 2.05) is 0 Å². The van der Waals surface area contributed by atoms with Crippen LogP contribution >= 0.6 is 11.6 Å². The monoisotopic (exact) mass is 281 g/mol. The van der Waals surface area contributed by atoms with Gasteiger partial charge in [0.25, 0.3) is 5.91 Å². The number of piperazine rings is 1. The van der Waals surface area contributed by atoms with E-state index in [0.717, 1.165) is 5.69 Å². The van der Waals surface area contributed by atoms with E-state index in [1.54, 1.807) is 35.8 Å². The summed E-state index contributed by atoms with van der Waals surface area (Å²) >= 11 is 5.86. The summed E-state index contributed by atoms with van der Waals surface area (Å²) in [6, 6.07) is 3.31. The van der Waals surface area contributed by atoms with Gasteiger partial charge in [-0.15, -0.1) is 0 Å². The second-order valence-corrected chi connectivity index (χ2v) is 5.01. The fraction of sp³-hybridized carbons (Fsp3) is 0.462. The SMILES string of the molecule is CC(=O)N1CCN(C(=O)c2cc(C)nc(Cl)c2)CC1. The third-order valence-corrected chi connectivity index (χ3v) is 3.37. The van der Waals surface area contributed by atoms with Crippen LogP contribution in [-0.2, 0) is 4.79 Å². The summed E-state index contributed by atoms with van der Waals surface area (Å²) in [6.07, 6.45) is 0. The van der Waals surface area contributed by atoms with Crippen LogP contribution in [0.2, 0.25) is 5.15 Å². The quantitative estimate of drug-likeness (QED) is 0.730. The van der Waals surface area contributed by atoms with Gasteiger partial charge in [0.2, 0.25) is 5.91 Å². The van der Waals surface area contributed by atoms with Crippen LogP contribution in [0.3, 0.4) is 0 Å². The van der Waals surface area contributed by atoms with Gasteiger partial charge < -0.3 is 9.80 Å². The van der Waals surface area contributed by atoms with Crippen LogP contribution in [-0.4, -0.2) is 52.8 Å². The normalized spacial score (nSPS) is 15.5. The Hall–Kier alpha value is -1.62. The van der Waals surface area contributed by atoms with Gasteiger partial charge in [-0.3, -0.25) is 9.59 Å². The van der Waals surface area contributed by atoms with E-state index < -0.39 is 0 Å². The summed E-state index contributed by atoms with van der Waals surface area (Å²) < 4.78 is 0. The minimum atomic E-state index is -0.0596. The predicted molar refractivity (Wildman–Crippen MR) is 72.1 cm³/mol. The molecule has 0 aliphatic carbocycles. The Bertz CT molecular complexity index is 490. The molecule has 2 rings (SSSR count). The van der Waals surface area contributed by atoms with Crippen molar-refractivity contribution in [3.8, 4) is 0 Å². The van der Waals surface area contributed by atoms with Gasteiger partial charge in [0.1, 0.15) is 5.15 Å². The van der Waals surface area contributed by atoms with Crippen LogP contribution in [0.15, 0.2) is 12.1 Å². The van der Waals surface area contributed by atoms with Gasteiger partial charge in [-0.05, 0) is 19.1 Å². The van der Waals surface area contributed by atoms with Gasteiger partial charge >= 0.3 is 0 Å². The fourth-order valence-electron chi connectivity index (χ4n) is 2.16. The molecular weight excluding hydrogens is 266 g/mol. The van der Waals surface area contributed by atoms with E-state index in [0.29, 0.717) is 36.9 Å². The van der Waals surface area contributed by atoms with Gasteiger partial charge in [-0.1, -0.05) is 11.6 Å². The minimum absolute atomic E-state index is 0.0508. The molecule has 0 saturated carbocycles. The summed E-state index contributed by atoms with van der Waals surface area (Å²) in [5, 5.41) is 0.325. The molecule has 1 saturated heterocycles. The topological polar surface area (TPSA) is 53.5 Å². The molecule has 5 nitrogen and oxygen atoms in total. The maximum absolute atomic E-state index is 12.3. The molecule has 0 atom stereocenters. The van der Waals surface area contributed by atoms with Gasteiger partial charge in [-0.2, -0.15) is 0 Å². The molecule has 1 fully saturated rings. The van der Waals surface area contributed by atoms with Crippen molar-refractivity contribution in [2.24, 2.45) is 0 Å². The summed E-state index contributed by atoms with van der Waals surface area (Å²) in [6.45, 7) is 5.62. The third kappa shape index (κ3) is 3.23. The smallest absolute Gasteiger partial charge is 0.254 e. The lowest BCUT2D eigenvalue weighted by atomic mass is 10.2. The lowest BCUT2D eigenvalue weighted by Gasteiger charge is -2.34. The summed E-state index contributed by atoms with van der Waals surface area (Å²) in [4.78, 5) is 31.1. The number of pyridine rings is 1. The number of carbonyl (C=O) groups excluding carboxylic acids is 2. The largest absolute Gasteiger partial charge is 0.339 e. The molecule has 1 aliphatic rings. The molecule has 1 aromatic rings. The van der Waals surface area contributed by atoms with Crippen LogP contribution in [0.1, 0.15) is 23.0 Å². The molecular formula is C13H16ClN3O2. The highest BCUT2D eigenvalue weighted by molar-refractivity contribution is 6.29. The molecule has 1 aromatic heterocycles. The molecule has 1 aliphatic heterocycles. The van der Waals surface area contributed by atoms with Gasteiger partial charge in [-0.25, -0.2) is 4.98 Å². The zero-order chi connectivity index (χ0) is 14.0. The molecule has 2 heterocycles. The first-order valence-electron chi connectivity index (χ1n) is 6.16. The molecule has 0 radical (unpaired) electrons. The van der Waals surface area contributed by atoms with Crippen LogP contribution in [0, 0.1) is 6.92 Å². The van der Waals surface area contributed by atoms with E-state index in [2.05, 4.69) is 4.98 Å². The van der Waals surface area contributed by atoms with Crippen molar-refractivity contribution in [3.63, 3.8) is 0 Å². The van der Waals surface area contributed by atoms with Crippen LogP contribution in [0.4, 0.5) is 0 Å². The number of halogens is 1. The minimum Gasteiger partial charge on any atom is -0.339 e. The van der Waals surface area contributed by atoms with Gasteiger partial charge in [0.15, 0.2) is 0 Å². The van der Waals surface area contributed by atoms with Crippen molar-refractivity contribution in [2.75, 3.05) is 26.2 Å². The molecule has 6 heteroatoms. The van der Waals surface area contributed by atoms with E-state index in [-0.39, 0.29) is 11.8 Å². The van der Waals surface area contributed by atoms with Crippen molar-refractivity contribution in [3.05, 3.63) is 28.5 Å². The molecule has 0 N–H and O–H groups in total. The van der Waals surface area contributed by atoms with Crippen LogP contribution < -0.4 is 0 Å². The number of rotatable bonds is 1. The molecule has 0 bridgehead atoms. The van der Waals surface area contributed by atoms with E-state index in [1.165, 1.54) is 0 Å². The lowest BCUT2D eigenvalue weighted by molar-refractivity contribution is -0.130. The first-order valence-corrected chi connectivity index (χ1v) is 6.54. The summed E-state index contributed by atoms with van der Waals surface area (Å²) in [5.41, 5.74) is 1.27. The number of aryl methyl sites for hydroxylation is 1. The number of amides is 2. The van der Waals surface area contributed by atoms with Crippen molar-refractivity contribution in [2.45, 2.75) is 13.8 Å². The standard InChI is InChI=1S/C13H16ClN3O2/c1-9-7-11(8-12(14)15-9)13(19)17-5-3-16(4-6-17)10(2)18/h7-8H,3-6H2,1-2H3. The average molecular weight is 282 g/mol. The maximum atomic E-state index is 12.3. The molecule has 19 heavy (non-hydrogen) atoms. The highest BCUT2D eigenvalue weighted by atomic mass is 35.5. The third-order valence-electron chi connectivity index (χ3n) is 3.18. The Labute approximate surface area is 117 Å². The average Bonchev–Trinajstić information content (AvgIpc) is 2.37. The van der Waals surface area contributed by atoms with Crippen LogP contribution in [0.5, 0.6) is 0 Å². The molecule has 0 spiro atoms. The number of nitrogens with zero attached hydrogens (tertiary/aromatic N) is 3. The fourth-order valence-corrected chi connectivity index (χ4v) is 2.41. The van der Waals surface area contributed by atoms with Crippen molar-refractivity contribution in [1.29, 1.82) is 0 Å². The number of hydrogen-bond donors (Lipinski definition) is 0. The van der Waals surface area contributed by atoms with Crippen molar-refractivity contribution >= 4 is 23.4 Å². The Morgan fingerprint density at radius 1 is 1.16 bits per heavy atom. The second-order valence-electron chi connectivity index (χ2n) is 4.62. The zero-order valence-electron chi connectivity index (χ0n) is 11.0. The van der Waals surface area contributed by atoms with Gasteiger partial charge in [0, 0.05) is 44.4 Å². The number of aromatic nitrogens is 1. The molecule has 0 unspecified atom stereocenters. The Balaban J connectivity index is 2.07. The first kappa shape index (κ1) is 13.8. The Kier molecular flexibility index (Phi) is 4.04. The second kappa shape index (κ2) is 5.57. The highest BCUT2D eigenvalue weighted by Crippen LogP contribution is 2.14. The van der Waals surface area contributed by atoms with E-state index in [9.17, 15) is 9.59 Å². The summed E-state index contributed by atoms with van der Waals surface area (Å²) in [7, 11) is 0. The van der Waals surface area contributed by atoms with Crippen molar-refractivity contribution in [1.82, 2.24) is 14.8 Å². The van der Waals surface area contributed by atoms with Crippen molar-refractivity contribution < 1.29 is 9.59 Å². The number of carbonyl (C=O) groups is 2. The van der Waals surface area contributed by atoms with Crippen LogP contribution in [0.25, 0.3) is 0 Å². The first-order chi connectivity index (χ1) is 8.97. The molecule has 2 amide bonds. The Morgan fingerprint density at radius 2 is 1.74 bits per heavy atom. The number of hydrogen-bond acceptors (Lipinski definition) is 3. The maximum Gasteiger partial charge on any atom is 0.254 e.